The lowest BCUT2D eigenvalue weighted by Gasteiger charge is -2.15. The highest BCUT2D eigenvalue weighted by Gasteiger charge is 2.34. The number of nitrogens with one attached hydrogen (secondary N) is 1. The van der Waals surface area contributed by atoms with E-state index in [2.05, 4.69) is 10.4 Å². The number of nitro benzene ring substituents is 1. The van der Waals surface area contributed by atoms with Gasteiger partial charge in [-0.2, -0.15) is 18.3 Å². The van der Waals surface area contributed by atoms with E-state index in [0.29, 0.717) is 5.69 Å². The van der Waals surface area contributed by atoms with Crippen LogP contribution in [0.4, 0.5) is 24.7 Å². The first-order valence-corrected chi connectivity index (χ1v) is 9.07. The van der Waals surface area contributed by atoms with Crippen molar-refractivity contribution in [1.82, 2.24) is 9.78 Å². The lowest BCUT2D eigenvalue weighted by molar-refractivity contribution is -0.385. The molecule has 0 saturated carbocycles. The molecule has 8 nitrogen and oxygen atoms in total. The molecule has 0 atom stereocenters. The molecule has 0 fully saturated rings. The lowest BCUT2D eigenvalue weighted by Crippen LogP contribution is -2.17. The van der Waals surface area contributed by atoms with Gasteiger partial charge in [0.25, 0.3) is 5.91 Å². The summed E-state index contributed by atoms with van der Waals surface area (Å²) in [6.07, 6.45) is -4.63. The summed E-state index contributed by atoms with van der Waals surface area (Å²) < 4.78 is 46.4. The molecular formula is C20H17F3N4O4. The Bertz CT molecular complexity index is 1140. The van der Waals surface area contributed by atoms with Crippen LogP contribution in [0.5, 0.6) is 5.75 Å². The fourth-order valence-corrected chi connectivity index (χ4v) is 2.94. The van der Waals surface area contributed by atoms with Crippen LogP contribution in [0.25, 0.3) is 5.69 Å². The maximum Gasteiger partial charge on any atom is 0.418 e. The van der Waals surface area contributed by atoms with Crippen molar-refractivity contribution in [2.24, 2.45) is 0 Å². The molecule has 1 amide bonds. The molecule has 11 heteroatoms. The molecule has 0 aliphatic heterocycles. The van der Waals surface area contributed by atoms with Gasteiger partial charge in [-0.3, -0.25) is 14.9 Å². The van der Waals surface area contributed by atoms with Crippen LogP contribution in [-0.4, -0.2) is 27.2 Å². The van der Waals surface area contributed by atoms with Gasteiger partial charge >= 0.3 is 11.9 Å². The van der Waals surface area contributed by atoms with Gasteiger partial charge in [0.2, 0.25) is 0 Å². The molecule has 0 radical (unpaired) electrons. The van der Waals surface area contributed by atoms with E-state index in [9.17, 15) is 28.1 Å². The summed E-state index contributed by atoms with van der Waals surface area (Å²) in [4.78, 5) is 23.3. The number of alkyl halides is 3. The fourth-order valence-electron chi connectivity index (χ4n) is 2.94. The molecule has 0 aliphatic rings. The van der Waals surface area contributed by atoms with Gasteiger partial charge in [0.05, 0.1) is 28.5 Å². The summed E-state index contributed by atoms with van der Waals surface area (Å²) in [6.45, 7) is 3.42. The van der Waals surface area contributed by atoms with Crippen LogP contribution in [0.2, 0.25) is 0 Å². The monoisotopic (exact) mass is 434 g/mol. The predicted molar refractivity (Wildman–Crippen MR) is 106 cm³/mol. The first-order valence-electron chi connectivity index (χ1n) is 9.07. The minimum Gasteiger partial charge on any atom is -0.487 e. The SMILES string of the molecule is CCOc1ccc(C(=O)Nc2cc(C)nn2-c2ccccc2C(F)(F)F)cc1[N+](=O)[O-]. The zero-order valence-electron chi connectivity index (χ0n) is 16.4. The highest BCUT2D eigenvalue weighted by molar-refractivity contribution is 6.04. The molecule has 3 rings (SSSR count). The first kappa shape index (κ1) is 21.8. The molecule has 1 heterocycles. The Morgan fingerprint density at radius 2 is 1.94 bits per heavy atom. The van der Waals surface area contributed by atoms with E-state index in [0.717, 1.165) is 16.8 Å². The molecule has 31 heavy (non-hydrogen) atoms. The Kier molecular flexibility index (Phi) is 5.95. The number of carbonyl (C=O) groups is 1. The van der Waals surface area contributed by atoms with Gasteiger partial charge in [-0.15, -0.1) is 0 Å². The first-order chi connectivity index (χ1) is 14.6. The Morgan fingerprint density at radius 3 is 2.58 bits per heavy atom. The van der Waals surface area contributed by atoms with Crippen molar-refractivity contribution in [3.63, 3.8) is 0 Å². The molecule has 0 unspecified atom stereocenters. The molecule has 0 spiro atoms. The van der Waals surface area contributed by atoms with Crippen LogP contribution in [-0.2, 0) is 6.18 Å². The Balaban J connectivity index is 1.99. The minimum absolute atomic E-state index is 0.00374. The second kappa shape index (κ2) is 8.46. The number of nitro groups is 1. The van der Waals surface area contributed by atoms with Crippen molar-refractivity contribution in [1.29, 1.82) is 0 Å². The van der Waals surface area contributed by atoms with Crippen LogP contribution < -0.4 is 10.1 Å². The van der Waals surface area contributed by atoms with Crippen molar-refractivity contribution in [3.05, 3.63) is 75.5 Å². The minimum atomic E-state index is -4.63. The second-order valence-corrected chi connectivity index (χ2v) is 6.42. The summed E-state index contributed by atoms with van der Waals surface area (Å²) >= 11 is 0. The van der Waals surface area contributed by atoms with E-state index >= 15 is 0 Å². The number of para-hydroxylation sites is 1. The van der Waals surface area contributed by atoms with Crippen LogP contribution >= 0.6 is 0 Å². The average molecular weight is 434 g/mol. The molecule has 1 N–H and O–H groups in total. The smallest absolute Gasteiger partial charge is 0.418 e. The average Bonchev–Trinajstić information content (AvgIpc) is 3.07. The second-order valence-electron chi connectivity index (χ2n) is 6.42. The zero-order valence-corrected chi connectivity index (χ0v) is 16.4. The summed E-state index contributed by atoms with van der Waals surface area (Å²) in [5, 5.41) is 17.8. The van der Waals surface area contributed by atoms with Crippen LogP contribution in [0.15, 0.2) is 48.5 Å². The van der Waals surface area contributed by atoms with Gasteiger partial charge in [-0.1, -0.05) is 12.1 Å². The number of rotatable bonds is 6. The number of ether oxygens (including phenoxy) is 1. The normalized spacial score (nSPS) is 11.3. The molecule has 0 saturated heterocycles. The van der Waals surface area contributed by atoms with Crippen molar-refractivity contribution >= 4 is 17.4 Å². The van der Waals surface area contributed by atoms with E-state index in [-0.39, 0.29) is 29.4 Å². The molecule has 2 aromatic carbocycles. The molecule has 1 aromatic heterocycles. The van der Waals surface area contributed by atoms with Crippen molar-refractivity contribution in [3.8, 4) is 11.4 Å². The summed E-state index contributed by atoms with van der Waals surface area (Å²) in [6, 6.07) is 9.86. The molecule has 0 aliphatic carbocycles. The van der Waals surface area contributed by atoms with E-state index in [4.69, 9.17) is 4.74 Å². The highest BCUT2D eigenvalue weighted by atomic mass is 19.4. The highest BCUT2D eigenvalue weighted by Crippen LogP contribution is 2.35. The summed E-state index contributed by atoms with van der Waals surface area (Å²) in [5.74, 6) is -0.767. The Labute approximate surface area is 174 Å². The summed E-state index contributed by atoms with van der Waals surface area (Å²) in [7, 11) is 0. The van der Waals surface area contributed by atoms with Gasteiger partial charge in [-0.05, 0) is 38.1 Å². The standard InChI is InChI=1S/C20H17F3N4O4/c1-3-31-17-9-8-13(11-16(17)27(29)30)19(28)24-18-10-12(2)25-26(18)15-7-5-4-6-14(15)20(21,22)23/h4-11H,3H2,1-2H3,(H,24,28). The van der Waals surface area contributed by atoms with E-state index < -0.39 is 28.3 Å². The van der Waals surface area contributed by atoms with E-state index in [1.807, 2.05) is 0 Å². The molecular weight excluding hydrogens is 417 g/mol. The maximum atomic E-state index is 13.4. The van der Waals surface area contributed by atoms with Crippen LogP contribution in [0.3, 0.4) is 0 Å². The predicted octanol–water partition coefficient (Wildman–Crippen LogP) is 4.76. The van der Waals surface area contributed by atoms with E-state index in [1.54, 1.807) is 13.8 Å². The number of hydrogen-bond acceptors (Lipinski definition) is 5. The summed E-state index contributed by atoms with van der Waals surface area (Å²) in [5.41, 5.74) is -1.29. The topological polar surface area (TPSA) is 99.3 Å². The molecule has 162 valence electrons. The van der Waals surface area contributed by atoms with Gasteiger partial charge in [0, 0.05) is 17.7 Å². The van der Waals surface area contributed by atoms with Gasteiger partial charge < -0.3 is 10.1 Å². The van der Waals surface area contributed by atoms with Gasteiger partial charge in [0.15, 0.2) is 5.75 Å². The fraction of sp³-hybridized carbons (Fsp3) is 0.200. The number of aromatic nitrogens is 2. The third-order valence-electron chi connectivity index (χ3n) is 4.23. The third kappa shape index (κ3) is 4.65. The van der Waals surface area contributed by atoms with Crippen LogP contribution in [0, 0.1) is 17.0 Å². The third-order valence-corrected chi connectivity index (χ3v) is 4.23. The van der Waals surface area contributed by atoms with Crippen molar-refractivity contribution < 1.29 is 27.6 Å². The number of carbonyl (C=O) groups excluding carboxylic acids is 1. The van der Waals surface area contributed by atoms with Gasteiger partial charge in [0.1, 0.15) is 5.82 Å². The largest absolute Gasteiger partial charge is 0.487 e. The van der Waals surface area contributed by atoms with Crippen LogP contribution in [0.1, 0.15) is 28.5 Å². The van der Waals surface area contributed by atoms with Gasteiger partial charge in [-0.25, -0.2) is 4.68 Å². The number of anilines is 1. The number of halogens is 3. The quantitative estimate of drug-likeness (QED) is 0.446. The lowest BCUT2D eigenvalue weighted by atomic mass is 10.1. The molecule has 3 aromatic rings. The Hall–Kier alpha value is -3.89. The Morgan fingerprint density at radius 1 is 1.23 bits per heavy atom. The number of nitrogens with zero attached hydrogens (tertiary/aromatic N) is 3. The number of aryl methyl sites for hydroxylation is 1. The number of amides is 1. The number of hydrogen-bond donors (Lipinski definition) is 1. The molecule has 0 bridgehead atoms. The van der Waals surface area contributed by atoms with Crippen molar-refractivity contribution in [2.75, 3.05) is 11.9 Å². The zero-order chi connectivity index (χ0) is 22.8. The van der Waals surface area contributed by atoms with Crippen molar-refractivity contribution in [2.45, 2.75) is 20.0 Å². The maximum absolute atomic E-state index is 13.4. The number of benzene rings is 2. The van der Waals surface area contributed by atoms with E-state index in [1.165, 1.54) is 36.4 Å².